The SMILES string of the molecule is CN=C(NCc1ccccc1OC(F)F)NC1CC(=O)N(c2ccccc2)C1. The number of amides is 1. The van der Waals surface area contributed by atoms with Crippen LogP contribution in [-0.4, -0.2) is 38.1 Å². The van der Waals surface area contributed by atoms with Crippen molar-refractivity contribution in [3.05, 3.63) is 60.2 Å². The molecule has 1 amide bonds. The van der Waals surface area contributed by atoms with Gasteiger partial charge in [0.1, 0.15) is 5.75 Å². The van der Waals surface area contributed by atoms with E-state index in [-0.39, 0.29) is 24.2 Å². The fraction of sp³-hybridized carbons (Fsp3) is 0.300. The van der Waals surface area contributed by atoms with Crippen LogP contribution >= 0.6 is 0 Å². The first-order valence-electron chi connectivity index (χ1n) is 8.92. The summed E-state index contributed by atoms with van der Waals surface area (Å²) in [6.45, 7) is -2.10. The van der Waals surface area contributed by atoms with Gasteiger partial charge in [-0.3, -0.25) is 9.79 Å². The van der Waals surface area contributed by atoms with E-state index in [0.717, 1.165) is 5.69 Å². The summed E-state index contributed by atoms with van der Waals surface area (Å²) < 4.78 is 29.6. The molecular weight excluding hydrogens is 366 g/mol. The Morgan fingerprint density at radius 1 is 1.21 bits per heavy atom. The van der Waals surface area contributed by atoms with E-state index < -0.39 is 6.61 Å². The third-order valence-corrected chi connectivity index (χ3v) is 4.39. The van der Waals surface area contributed by atoms with E-state index in [1.165, 1.54) is 6.07 Å². The number of ether oxygens (including phenoxy) is 1. The summed E-state index contributed by atoms with van der Waals surface area (Å²) in [6.07, 6.45) is 0.348. The lowest BCUT2D eigenvalue weighted by Crippen LogP contribution is -2.44. The smallest absolute Gasteiger partial charge is 0.387 e. The second-order valence-electron chi connectivity index (χ2n) is 6.30. The van der Waals surface area contributed by atoms with E-state index in [2.05, 4.69) is 20.4 Å². The lowest BCUT2D eigenvalue weighted by molar-refractivity contribution is -0.117. The largest absolute Gasteiger partial charge is 0.434 e. The summed E-state index contributed by atoms with van der Waals surface area (Å²) in [5.41, 5.74) is 1.44. The molecule has 1 heterocycles. The second kappa shape index (κ2) is 9.16. The zero-order valence-electron chi connectivity index (χ0n) is 15.4. The number of hydrogen-bond acceptors (Lipinski definition) is 3. The Hall–Kier alpha value is -3.16. The van der Waals surface area contributed by atoms with Gasteiger partial charge in [-0.05, 0) is 18.2 Å². The standard InChI is InChI=1S/C20H22F2N4O2/c1-23-20(24-12-14-7-5-6-10-17(14)28-19(21)22)25-15-11-18(27)26(13-15)16-8-3-2-4-9-16/h2-10,15,19H,11-13H2,1H3,(H2,23,24,25). The average molecular weight is 388 g/mol. The number of nitrogens with zero attached hydrogens (tertiary/aromatic N) is 2. The molecule has 0 aliphatic carbocycles. The van der Waals surface area contributed by atoms with Crippen LogP contribution < -0.4 is 20.3 Å². The maximum Gasteiger partial charge on any atom is 0.387 e. The van der Waals surface area contributed by atoms with Gasteiger partial charge in [0.2, 0.25) is 5.91 Å². The summed E-state index contributed by atoms with van der Waals surface area (Å²) in [4.78, 5) is 18.2. The van der Waals surface area contributed by atoms with E-state index in [1.807, 2.05) is 30.3 Å². The van der Waals surface area contributed by atoms with Gasteiger partial charge < -0.3 is 20.3 Å². The molecule has 1 aliphatic rings. The number of carbonyl (C=O) groups excluding carboxylic acids is 1. The fourth-order valence-electron chi connectivity index (χ4n) is 3.09. The van der Waals surface area contributed by atoms with E-state index in [4.69, 9.17) is 0 Å². The van der Waals surface area contributed by atoms with Crippen LogP contribution in [0.15, 0.2) is 59.6 Å². The van der Waals surface area contributed by atoms with Crippen molar-refractivity contribution >= 4 is 17.6 Å². The minimum atomic E-state index is -2.88. The van der Waals surface area contributed by atoms with Crippen molar-refractivity contribution < 1.29 is 18.3 Å². The quantitative estimate of drug-likeness (QED) is 0.590. The molecule has 0 bridgehead atoms. The maximum atomic E-state index is 12.5. The van der Waals surface area contributed by atoms with Gasteiger partial charge in [0.15, 0.2) is 5.96 Å². The minimum absolute atomic E-state index is 0.0369. The number of guanidine groups is 1. The zero-order chi connectivity index (χ0) is 19.9. The van der Waals surface area contributed by atoms with Crippen LogP contribution in [0, 0.1) is 0 Å². The van der Waals surface area contributed by atoms with Crippen molar-refractivity contribution in [3.63, 3.8) is 0 Å². The van der Waals surface area contributed by atoms with Gasteiger partial charge in [0, 0.05) is 37.8 Å². The molecule has 8 heteroatoms. The van der Waals surface area contributed by atoms with Crippen LogP contribution in [0.3, 0.4) is 0 Å². The number of para-hydroxylation sites is 2. The van der Waals surface area contributed by atoms with Gasteiger partial charge in [0.05, 0.1) is 6.04 Å². The van der Waals surface area contributed by atoms with Crippen LogP contribution in [0.25, 0.3) is 0 Å². The lowest BCUT2D eigenvalue weighted by atomic mass is 10.2. The summed E-state index contributed by atoms with van der Waals surface area (Å²) in [6, 6.07) is 16.0. The molecule has 3 rings (SSSR count). The van der Waals surface area contributed by atoms with Crippen molar-refractivity contribution in [2.24, 2.45) is 4.99 Å². The third kappa shape index (κ3) is 4.97. The summed E-state index contributed by atoms with van der Waals surface area (Å²) >= 11 is 0. The van der Waals surface area contributed by atoms with Gasteiger partial charge in [-0.25, -0.2) is 0 Å². The summed E-state index contributed by atoms with van der Waals surface area (Å²) in [5, 5.41) is 6.29. The number of hydrogen-bond donors (Lipinski definition) is 2. The number of carbonyl (C=O) groups is 1. The van der Waals surface area contributed by atoms with Gasteiger partial charge in [-0.2, -0.15) is 8.78 Å². The highest BCUT2D eigenvalue weighted by Crippen LogP contribution is 2.22. The van der Waals surface area contributed by atoms with E-state index in [1.54, 1.807) is 30.1 Å². The predicted molar refractivity (Wildman–Crippen MR) is 104 cm³/mol. The molecule has 2 aromatic carbocycles. The molecule has 28 heavy (non-hydrogen) atoms. The van der Waals surface area contributed by atoms with Crippen LogP contribution in [0.2, 0.25) is 0 Å². The Morgan fingerprint density at radius 2 is 1.93 bits per heavy atom. The fourth-order valence-corrected chi connectivity index (χ4v) is 3.09. The third-order valence-electron chi connectivity index (χ3n) is 4.39. The molecule has 0 aromatic heterocycles. The highest BCUT2D eigenvalue weighted by Gasteiger charge is 2.31. The molecule has 2 N–H and O–H groups in total. The number of aliphatic imine (C=N–C) groups is 1. The molecular formula is C20H22F2N4O2. The maximum absolute atomic E-state index is 12.5. The molecule has 148 valence electrons. The number of nitrogens with one attached hydrogen (secondary N) is 2. The van der Waals surface area contributed by atoms with Crippen molar-refractivity contribution in [1.82, 2.24) is 10.6 Å². The number of benzene rings is 2. The molecule has 0 spiro atoms. The van der Waals surface area contributed by atoms with Crippen LogP contribution in [0.5, 0.6) is 5.75 Å². The molecule has 1 atom stereocenters. The highest BCUT2D eigenvalue weighted by molar-refractivity contribution is 5.97. The minimum Gasteiger partial charge on any atom is -0.434 e. The van der Waals surface area contributed by atoms with E-state index >= 15 is 0 Å². The van der Waals surface area contributed by atoms with Crippen molar-refractivity contribution in [2.75, 3.05) is 18.5 Å². The van der Waals surface area contributed by atoms with Crippen LogP contribution in [-0.2, 0) is 11.3 Å². The van der Waals surface area contributed by atoms with E-state index in [9.17, 15) is 13.6 Å². The number of halogens is 2. The van der Waals surface area contributed by atoms with Crippen molar-refractivity contribution in [1.29, 1.82) is 0 Å². The van der Waals surface area contributed by atoms with Gasteiger partial charge >= 0.3 is 6.61 Å². The Bertz CT molecular complexity index is 830. The van der Waals surface area contributed by atoms with Crippen LogP contribution in [0.4, 0.5) is 14.5 Å². The number of alkyl halides is 2. The normalized spacial score (nSPS) is 17.1. The molecule has 0 radical (unpaired) electrons. The van der Waals surface area contributed by atoms with Gasteiger partial charge in [-0.1, -0.05) is 36.4 Å². The Balaban J connectivity index is 1.58. The molecule has 1 saturated heterocycles. The number of anilines is 1. The molecule has 1 unspecified atom stereocenters. The first-order valence-corrected chi connectivity index (χ1v) is 8.92. The zero-order valence-corrected chi connectivity index (χ0v) is 15.4. The predicted octanol–water partition coefficient (Wildman–Crippen LogP) is 2.76. The average Bonchev–Trinajstić information content (AvgIpc) is 3.06. The summed E-state index contributed by atoms with van der Waals surface area (Å²) in [7, 11) is 1.61. The lowest BCUT2D eigenvalue weighted by Gasteiger charge is -2.19. The molecule has 2 aromatic rings. The second-order valence-corrected chi connectivity index (χ2v) is 6.30. The molecule has 0 saturated carbocycles. The van der Waals surface area contributed by atoms with Crippen molar-refractivity contribution in [3.8, 4) is 5.75 Å². The Morgan fingerprint density at radius 3 is 2.64 bits per heavy atom. The molecule has 1 aliphatic heterocycles. The Kier molecular flexibility index (Phi) is 6.41. The van der Waals surface area contributed by atoms with Gasteiger partial charge in [0.25, 0.3) is 0 Å². The van der Waals surface area contributed by atoms with Crippen LogP contribution in [0.1, 0.15) is 12.0 Å². The van der Waals surface area contributed by atoms with Gasteiger partial charge in [-0.15, -0.1) is 0 Å². The summed E-state index contributed by atoms with van der Waals surface area (Å²) in [5.74, 6) is 0.640. The Labute approximate surface area is 162 Å². The van der Waals surface area contributed by atoms with E-state index in [0.29, 0.717) is 24.5 Å². The molecule has 6 nitrogen and oxygen atoms in total. The number of rotatable bonds is 6. The first kappa shape index (κ1) is 19.6. The van der Waals surface area contributed by atoms with Crippen molar-refractivity contribution in [2.45, 2.75) is 25.6 Å². The monoisotopic (exact) mass is 388 g/mol. The topological polar surface area (TPSA) is 66.0 Å². The highest BCUT2D eigenvalue weighted by atomic mass is 19.3. The first-order chi connectivity index (χ1) is 13.6. The molecule has 1 fully saturated rings.